The first-order valence-corrected chi connectivity index (χ1v) is 13.7. The van der Waals surface area contributed by atoms with Gasteiger partial charge in [0.15, 0.2) is 0 Å². The summed E-state index contributed by atoms with van der Waals surface area (Å²) in [6, 6.07) is 7.31. The van der Waals surface area contributed by atoms with Crippen LogP contribution in [0.2, 0.25) is 0 Å². The van der Waals surface area contributed by atoms with E-state index in [2.05, 4.69) is 17.2 Å². The molecule has 190 valence electrons. The van der Waals surface area contributed by atoms with Gasteiger partial charge in [0.05, 0.1) is 6.04 Å². The van der Waals surface area contributed by atoms with Crippen LogP contribution in [0.5, 0.6) is 0 Å². The van der Waals surface area contributed by atoms with E-state index in [0.29, 0.717) is 5.56 Å². The normalized spacial score (nSPS) is 12.2. The number of H-pyrrole nitrogens is 1. The number of benzene rings is 1. The Kier molecular flexibility index (Phi) is 13.4. The zero-order valence-corrected chi connectivity index (χ0v) is 21.5. The fraction of sp³-hybridized carbons (Fsp3) is 0.655. The maximum atomic E-state index is 11.9. The maximum Gasteiger partial charge on any atom is 0.352 e. The van der Waals surface area contributed by atoms with Crippen molar-refractivity contribution in [1.82, 2.24) is 10.3 Å². The Labute approximate surface area is 206 Å². The highest BCUT2D eigenvalue weighted by Gasteiger charge is 2.24. The number of carboxylic acids is 1. The van der Waals surface area contributed by atoms with Crippen LogP contribution >= 0.6 is 0 Å². The van der Waals surface area contributed by atoms with Crippen LogP contribution in [-0.4, -0.2) is 22.0 Å². The number of carbonyl (C=O) groups excluding carboxylic acids is 1. The highest BCUT2D eigenvalue weighted by atomic mass is 16.4. The van der Waals surface area contributed by atoms with Gasteiger partial charge in [-0.05, 0) is 12.5 Å². The summed E-state index contributed by atoms with van der Waals surface area (Å²) < 4.78 is 0. The lowest BCUT2D eigenvalue weighted by molar-refractivity contribution is -0.119. The first-order valence-electron chi connectivity index (χ1n) is 13.7. The largest absolute Gasteiger partial charge is 0.477 e. The van der Waals surface area contributed by atoms with Gasteiger partial charge >= 0.3 is 5.97 Å². The zero-order valence-electron chi connectivity index (χ0n) is 21.5. The van der Waals surface area contributed by atoms with Crippen molar-refractivity contribution in [3.63, 3.8) is 0 Å². The SMILES string of the molecule is CCCCCCCCCCCCCCCCCC(NC(C)=O)c1c(C(=O)O)[nH]c2ccccc12. The van der Waals surface area contributed by atoms with E-state index in [0.717, 1.165) is 30.2 Å². The topological polar surface area (TPSA) is 82.2 Å². The third-order valence-corrected chi connectivity index (χ3v) is 6.78. The Bertz CT molecular complexity index is 858. The molecule has 34 heavy (non-hydrogen) atoms. The van der Waals surface area contributed by atoms with E-state index >= 15 is 0 Å². The third kappa shape index (κ3) is 9.90. The summed E-state index contributed by atoms with van der Waals surface area (Å²) in [5.41, 5.74) is 1.67. The van der Waals surface area contributed by atoms with Gasteiger partial charge in [-0.2, -0.15) is 0 Å². The highest BCUT2D eigenvalue weighted by Crippen LogP contribution is 2.31. The lowest BCUT2D eigenvalue weighted by atomic mass is 9.96. The number of aromatic carboxylic acids is 1. The number of aromatic nitrogens is 1. The van der Waals surface area contributed by atoms with Crippen molar-refractivity contribution >= 4 is 22.8 Å². The molecule has 1 atom stereocenters. The molecule has 2 rings (SSSR count). The number of nitrogens with one attached hydrogen (secondary N) is 2. The number of aromatic amines is 1. The van der Waals surface area contributed by atoms with Gasteiger partial charge in [0.25, 0.3) is 0 Å². The quantitative estimate of drug-likeness (QED) is 0.181. The molecule has 0 spiro atoms. The smallest absolute Gasteiger partial charge is 0.352 e. The molecule has 0 radical (unpaired) electrons. The second-order valence-corrected chi connectivity index (χ2v) is 9.76. The van der Waals surface area contributed by atoms with Gasteiger partial charge in [-0.1, -0.05) is 121 Å². The van der Waals surface area contributed by atoms with Crippen LogP contribution < -0.4 is 5.32 Å². The molecule has 0 saturated carbocycles. The average molecular weight is 471 g/mol. The van der Waals surface area contributed by atoms with E-state index in [1.54, 1.807) is 0 Å². The molecule has 0 aliphatic carbocycles. The van der Waals surface area contributed by atoms with Gasteiger partial charge < -0.3 is 15.4 Å². The second-order valence-electron chi connectivity index (χ2n) is 9.76. The van der Waals surface area contributed by atoms with Crippen LogP contribution in [0.1, 0.15) is 139 Å². The van der Waals surface area contributed by atoms with E-state index in [1.807, 2.05) is 24.3 Å². The molecular weight excluding hydrogens is 424 g/mol. The first kappa shape index (κ1) is 27.9. The number of unbranched alkanes of at least 4 members (excludes halogenated alkanes) is 14. The van der Waals surface area contributed by atoms with Crippen molar-refractivity contribution < 1.29 is 14.7 Å². The predicted octanol–water partition coefficient (Wildman–Crippen LogP) is 8.30. The molecule has 1 unspecified atom stereocenters. The van der Waals surface area contributed by atoms with Gasteiger partial charge in [0.2, 0.25) is 5.91 Å². The Morgan fingerprint density at radius 2 is 1.32 bits per heavy atom. The number of fused-ring (bicyclic) bond motifs is 1. The monoisotopic (exact) mass is 470 g/mol. The zero-order chi connectivity index (χ0) is 24.6. The minimum atomic E-state index is -0.988. The molecule has 0 fully saturated rings. The number of carboxylic acid groups (broad SMARTS) is 1. The average Bonchev–Trinajstić information content (AvgIpc) is 3.20. The molecule has 1 heterocycles. The molecule has 2 aromatic rings. The summed E-state index contributed by atoms with van der Waals surface area (Å²) in [7, 11) is 0. The molecule has 5 heteroatoms. The Hall–Kier alpha value is -2.30. The molecule has 0 saturated heterocycles. The van der Waals surface area contributed by atoms with Crippen LogP contribution in [0.25, 0.3) is 10.9 Å². The van der Waals surface area contributed by atoms with Crippen molar-refractivity contribution in [3.8, 4) is 0 Å². The Morgan fingerprint density at radius 3 is 1.82 bits per heavy atom. The van der Waals surface area contributed by atoms with E-state index in [4.69, 9.17) is 0 Å². The number of hydrogen-bond donors (Lipinski definition) is 3. The first-order chi connectivity index (χ1) is 16.5. The van der Waals surface area contributed by atoms with Gasteiger partial charge in [0, 0.05) is 23.4 Å². The number of para-hydroxylation sites is 1. The standard InChI is InChI=1S/C29H46N2O3/c1-3-4-5-6-7-8-9-10-11-12-13-14-15-16-17-22-26(30-23(2)32)27-24-20-18-19-21-25(24)31-28(27)29(33)34/h18-21,26,31H,3-17,22H2,1-2H3,(H,30,32)(H,33,34). The van der Waals surface area contributed by atoms with Gasteiger partial charge in [0.1, 0.15) is 5.69 Å². The molecule has 0 aliphatic heterocycles. The van der Waals surface area contributed by atoms with Gasteiger partial charge in [-0.15, -0.1) is 0 Å². The lowest BCUT2D eigenvalue weighted by Crippen LogP contribution is -2.27. The molecule has 1 aromatic carbocycles. The Balaban J connectivity index is 1.67. The summed E-state index contributed by atoms with van der Waals surface area (Å²) in [4.78, 5) is 26.7. The van der Waals surface area contributed by atoms with E-state index in [9.17, 15) is 14.7 Å². The molecule has 1 amide bonds. The van der Waals surface area contributed by atoms with Gasteiger partial charge in [-0.3, -0.25) is 4.79 Å². The summed E-state index contributed by atoms with van der Waals surface area (Å²) in [5, 5.41) is 13.6. The number of amides is 1. The molecule has 5 nitrogen and oxygen atoms in total. The van der Waals surface area contributed by atoms with Crippen molar-refractivity contribution in [2.45, 2.75) is 123 Å². The van der Waals surface area contributed by atoms with Crippen LogP contribution in [0.3, 0.4) is 0 Å². The second kappa shape index (κ2) is 16.3. The van der Waals surface area contributed by atoms with Gasteiger partial charge in [-0.25, -0.2) is 4.79 Å². The summed E-state index contributed by atoms with van der Waals surface area (Å²) in [5.74, 6) is -1.12. The van der Waals surface area contributed by atoms with Crippen molar-refractivity contribution in [2.75, 3.05) is 0 Å². The predicted molar refractivity (Wildman–Crippen MR) is 141 cm³/mol. The van der Waals surface area contributed by atoms with E-state index in [-0.39, 0.29) is 17.6 Å². The minimum absolute atomic E-state index is 0.132. The Morgan fingerprint density at radius 1 is 0.824 bits per heavy atom. The van der Waals surface area contributed by atoms with Crippen molar-refractivity contribution in [2.24, 2.45) is 0 Å². The third-order valence-electron chi connectivity index (χ3n) is 6.78. The molecular formula is C29H46N2O3. The van der Waals surface area contributed by atoms with Crippen molar-refractivity contribution in [3.05, 3.63) is 35.5 Å². The summed E-state index contributed by atoms with van der Waals surface area (Å²) in [6.07, 6.45) is 20.4. The molecule has 3 N–H and O–H groups in total. The molecule has 1 aromatic heterocycles. The van der Waals surface area contributed by atoms with Crippen LogP contribution in [0, 0.1) is 0 Å². The fourth-order valence-electron chi connectivity index (χ4n) is 4.95. The summed E-state index contributed by atoms with van der Waals surface area (Å²) >= 11 is 0. The maximum absolute atomic E-state index is 11.9. The number of rotatable bonds is 19. The van der Waals surface area contributed by atoms with Crippen LogP contribution in [-0.2, 0) is 4.79 Å². The fourth-order valence-corrected chi connectivity index (χ4v) is 4.95. The number of carbonyl (C=O) groups is 2. The highest BCUT2D eigenvalue weighted by molar-refractivity contribution is 5.98. The number of hydrogen-bond acceptors (Lipinski definition) is 2. The van der Waals surface area contributed by atoms with Crippen LogP contribution in [0.4, 0.5) is 0 Å². The lowest BCUT2D eigenvalue weighted by Gasteiger charge is -2.19. The van der Waals surface area contributed by atoms with E-state index in [1.165, 1.54) is 90.4 Å². The summed E-state index contributed by atoms with van der Waals surface area (Å²) in [6.45, 7) is 3.76. The van der Waals surface area contributed by atoms with Crippen molar-refractivity contribution in [1.29, 1.82) is 0 Å². The van der Waals surface area contributed by atoms with E-state index < -0.39 is 5.97 Å². The molecule has 0 bridgehead atoms. The minimum Gasteiger partial charge on any atom is -0.477 e. The van der Waals surface area contributed by atoms with Crippen LogP contribution in [0.15, 0.2) is 24.3 Å². The molecule has 0 aliphatic rings.